The highest BCUT2D eigenvalue weighted by Gasteiger charge is 2.30. The van der Waals surface area contributed by atoms with Gasteiger partial charge in [-0.3, -0.25) is 9.20 Å². The number of nitrogens with one attached hydrogen (secondary N) is 1. The van der Waals surface area contributed by atoms with Crippen molar-refractivity contribution in [2.75, 3.05) is 5.73 Å². The second kappa shape index (κ2) is 9.01. The number of ketones is 1. The highest BCUT2D eigenvalue weighted by Crippen LogP contribution is 2.39. The molecule has 0 spiro atoms. The van der Waals surface area contributed by atoms with Crippen molar-refractivity contribution >= 4 is 28.0 Å². The van der Waals surface area contributed by atoms with Crippen LogP contribution < -0.4 is 5.73 Å². The number of aromatic amines is 1. The Morgan fingerprint density at radius 2 is 1.92 bits per heavy atom. The Labute approximate surface area is 209 Å². The summed E-state index contributed by atoms with van der Waals surface area (Å²) in [4.78, 5) is 25.8. The first kappa shape index (κ1) is 22.1. The number of Topliss-reactive ketones (excluding diaryl/α,β-unsaturated/α-hetero) is 1. The number of nitrogen functional groups attached to an aromatic ring is 1. The number of fused-ring (bicyclic) bond motifs is 2. The summed E-state index contributed by atoms with van der Waals surface area (Å²) in [7, 11) is 0. The average Bonchev–Trinajstić information content (AvgIpc) is 3.52. The Hall–Kier alpha value is -4.37. The first-order chi connectivity index (χ1) is 17.6. The third kappa shape index (κ3) is 3.83. The zero-order valence-corrected chi connectivity index (χ0v) is 19.9. The largest absolute Gasteiger partial charge is 0.382 e. The number of nitrogens with zero attached hydrogens (tertiary/aromatic N) is 3. The Morgan fingerprint density at radius 3 is 2.69 bits per heavy atom. The number of anilines is 1. The minimum Gasteiger partial charge on any atom is -0.382 e. The molecule has 3 heterocycles. The number of carbonyl (C=O) groups is 1. The molecule has 3 N–H and O–H groups in total. The monoisotopic (exact) mass is 473 g/mol. The molecule has 6 heteroatoms. The van der Waals surface area contributed by atoms with E-state index < -0.39 is 0 Å². The zero-order valence-electron chi connectivity index (χ0n) is 19.9. The number of rotatable bonds is 5. The molecule has 6 rings (SSSR count). The quantitative estimate of drug-likeness (QED) is 0.329. The summed E-state index contributed by atoms with van der Waals surface area (Å²) in [6.07, 6.45) is 13.4. The van der Waals surface area contributed by atoms with Crippen molar-refractivity contribution in [3.8, 4) is 23.7 Å². The number of nitrogens with two attached hydrogens (primary N) is 1. The highest BCUT2D eigenvalue weighted by molar-refractivity contribution is 5.93. The number of H-pyrrole nitrogens is 1. The van der Waals surface area contributed by atoms with Crippen LogP contribution in [0, 0.1) is 18.3 Å². The van der Waals surface area contributed by atoms with Crippen LogP contribution in [0.1, 0.15) is 48.6 Å². The van der Waals surface area contributed by atoms with Gasteiger partial charge < -0.3 is 10.7 Å². The number of imidazole rings is 1. The number of benzene rings is 2. The van der Waals surface area contributed by atoms with Crippen LogP contribution in [0.15, 0.2) is 67.0 Å². The summed E-state index contributed by atoms with van der Waals surface area (Å²) in [5.41, 5.74) is 11.6. The second-order valence-corrected chi connectivity index (χ2v) is 9.62. The molecule has 0 radical (unpaired) electrons. The maximum absolute atomic E-state index is 12.9. The van der Waals surface area contributed by atoms with E-state index >= 15 is 0 Å². The van der Waals surface area contributed by atoms with Gasteiger partial charge in [0.1, 0.15) is 28.6 Å². The van der Waals surface area contributed by atoms with E-state index in [0.717, 1.165) is 70.4 Å². The summed E-state index contributed by atoms with van der Waals surface area (Å²) in [6, 6.07) is 18.0. The molecule has 1 aliphatic rings. The lowest BCUT2D eigenvalue weighted by Crippen LogP contribution is -2.23. The lowest BCUT2D eigenvalue weighted by atomic mass is 9.78. The molecule has 6 nitrogen and oxygen atoms in total. The third-order valence-corrected chi connectivity index (χ3v) is 7.45. The Kier molecular flexibility index (Phi) is 5.54. The van der Waals surface area contributed by atoms with Crippen LogP contribution in [-0.4, -0.2) is 25.1 Å². The molecule has 1 saturated carbocycles. The Balaban J connectivity index is 1.30. The van der Waals surface area contributed by atoms with Crippen molar-refractivity contribution in [1.82, 2.24) is 19.4 Å². The van der Waals surface area contributed by atoms with Gasteiger partial charge in [-0.05, 0) is 43.4 Å². The molecule has 3 aromatic heterocycles. The highest BCUT2D eigenvalue weighted by atomic mass is 16.1. The molecule has 36 heavy (non-hydrogen) atoms. The van der Waals surface area contributed by atoms with E-state index in [1.54, 1.807) is 6.20 Å². The number of aromatic nitrogens is 4. The molecule has 1 fully saturated rings. The smallest absolute Gasteiger partial charge is 0.150 e. The molecule has 1 aliphatic carbocycles. The van der Waals surface area contributed by atoms with Crippen LogP contribution in [0.4, 0.5) is 5.82 Å². The van der Waals surface area contributed by atoms with Gasteiger partial charge in [0.25, 0.3) is 0 Å². The average molecular weight is 474 g/mol. The number of para-hydroxylation sites is 1. The second-order valence-electron chi connectivity index (χ2n) is 9.62. The van der Waals surface area contributed by atoms with E-state index in [4.69, 9.17) is 17.1 Å². The van der Waals surface area contributed by atoms with Gasteiger partial charge in [-0.25, -0.2) is 9.97 Å². The van der Waals surface area contributed by atoms with E-state index in [9.17, 15) is 4.79 Å². The van der Waals surface area contributed by atoms with E-state index in [0.29, 0.717) is 18.0 Å². The van der Waals surface area contributed by atoms with E-state index in [1.165, 1.54) is 0 Å². The first-order valence-corrected chi connectivity index (χ1v) is 12.4. The summed E-state index contributed by atoms with van der Waals surface area (Å²) in [5, 5.41) is 1.03. The van der Waals surface area contributed by atoms with Gasteiger partial charge in [0.05, 0.1) is 11.2 Å². The van der Waals surface area contributed by atoms with Crippen LogP contribution in [0.5, 0.6) is 0 Å². The van der Waals surface area contributed by atoms with Gasteiger partial charge in [0, 0.05) is 41.6 Å². The van der Waals surface area contributed by atoms with Crippen LogP contribution >= 0.6 is 0 Å². The van der Waals surface area contributed by atoms with Crippen molar-refractivity contribution in [3.05, 3.63) is 83.9 Å². The summed E-state index contributed by atoms with van der Waals surface area (Å²) >= 11 is 0. The van der Waals surface area contributed by atoms with Gasteiger partial charge in [-0.1, -0.05) is 48.4 Å². The number of hydrogen-bond acceptors (Lipinski definition) is 4. The molecule has 178 valence electrons. The fourth-order valence-corrected chi connectivity index (χ4v) is 5.58. The molecular formula is C30H27N5O. The standard InChI is InChI=1S/C30H27N5O/c1-2-20-9-6-10-23-18-24(33-26(20)23)27-28-29(31)32-15-16-35(28)30(34-27)22-13-11-21(12-14-22)25(36)17-19-7-4-3-5-8-19/h1,3-10,15-16,18,21-22,33H,11-14,17H2,(H2,31,32). The number of carbonyl (C=O) groups excluding carboxylic acids is 1. The number of hydrogen-bond donors (Lipinski definition) is 2. The maximum atomic E-state index is 12.9. The van der Waals surface area contributed by atoms with E-state index in [-0.39, 0.29) is 11.8 Å². The fourth-order valence-electron chi connectivity index (χ4n) is 5.58. The molecule has 0 atom stereocenters. The minimum atomic E-state index is 0.106. The van der Waals surface area contributed by atoms with E-state index in [1.807, 2.05) is 54.7 Å². The lowest BCUT2D eigenvalue weighted by molar-refractivity contribution is -0.123. The molecule has 0 amide bonds. The summed E-state index contributed by atoms with van der Waals surface area (Å²) in [5.74, 6) is 4.85. The van der Waals surface area contributed by atoms with Gasteiger partial charge in [0.2, 0.25) is 0 Å². The molecule has 0 aliphatic heterocycles. The maximum Gasteiger partial charge on any atom is 0.150 e. The summed E-state index contributed by atoms with van der Waals surface area (Å²) in [6.45, 7) is 0. The third-order valence-electron chi connectivity index (χ3n) is 7.45. The Bertz CT molecular complexity index is 1610. The topological polar surface area (TPSA) is 89.1 Å². The van der Waals surface area contributed by atoms with Crippen LogP contribution in [0.2, 0.25) is 0 Å². The lowest BCUT2D eigenvalue weighted by Gasteiger charge is -2.27. The molecule has 0 bridgehead atoms. The SMILES string of the molecule is C#Cc1cccc2cc(-c3nc(C4CCC(C(=O)Cc5ccccc5)CC4)n4ccnc(N)c34)[nH]c12. The number of terminal acetylenes is 1. The summed E-state index contributed by atoms with van der Waals surface area (Å²) < 4.78 is 2.07. The Morgan fingerprint density at radius 1 is 1.11 bits per heavy atom. The molecule has 0 unspecified atom stereocenters. The van der Waals surface area contributed by atoms with Crippen molar-refractivity contribution in [2.24, 2.45) is 5.92 Å². The van der Waals surface area contributed by atoms with Crippen LogP contribution in [-0.2, 0) is 11.2 Å². The first-order valence-electron chi connectivity index (χ1n) is 12.4. The minimum absolute atomic E-state index is 0.106. The van der Waals surface area contributed by atoms with Crippen molar-refractivity contribution in [1.29, 1.82) is 0 Å². The van der Waals surface area contributed by atoms with Crippen molar-refractivity contribution in [2.45, 2.75) is 38.0 Å². The predicted molar refractivity (Wildman–Crippen MR) is 142 cm³/mol. The molecular weight excluding hydrogens is 446 g/mol. The van der Waals surface area contributed by atoms with Gasteiger partial charge in [0.15, 0.2) is 0 Å². The fraction of sp³-hybridized carbons (Fsp3) is 0.233. The van der Waals surface area contributed by atoms with Crippen LogP contribution in [0.25, 0.3) is 27.8 Å². The van der Waals surface area contributed by atoms with E-state index in [2.05, 4.69) is 26.4 Å². The van der Waals surface area contributed by atoms with Gasteiger partial charge in [-0.2, -0.15) is 0 Å². The van der Waals surface area contributed by atoms with Gasteiger partial charge >= 0.3 is 0 Å². The van der Waals surface area contributed by atoms with Crippen molar-refractivity contribution < 1.29 is 4.79 Å². The van der Waals surface area contributed by atoms with Crippen molar-refractivity contribution in [3.63, 3.8) is 0 Å². The van der Waals surface area contributed by atoms with Crippen LogP contribution in [0.3, 0.4) is 0 Å². The normalized spacial score (nSPS) is 17.9. The zero-order chi connectivity index (χ0) is 24.6. The van der Waals surface area contributed by atoms with Gasteiger partial charge in [-0.15, -0.1) is 6.42 Å². The molecule has 5 aromatic rings. The molecule has 0 saturated heterocycles. The molecule has 2 aromatic carbocycles. The predicted octanol–water partition coefficient (Wildman–Crippen LogP) is 5.53.